The number of benzene rings is 3. The molecule has 1 unspecified atom stereocenters. The van der Waals surface area contributed by atoms with Gasteiger partial charge in [-0.15, -0.1) is 5.10 Å². The number of alkyl halides is 3. The molecule has 210 valence electrons. The van der Waals surface area contributed by atoms with Crippen LogP contribution in [0.4, 0.5) is 13.2 Å². The van der Waals surface area contributed by atoms with Gasteiger partial charge in [-0.05, 0) is 47.7 Å². The van der Waals surface area contributed by atoms with Crippen LogP contribution < -0.4 is 0 Å². The van der Waals surface area contributed by atoms with Gasteiger partial charge in [0.25, 0.3) is 0 Å². The highest BCUT2D eigenvalue weighted by Crippen LogP contribution is 2.35. The van der Waals surface area contributed by atoms with Gasteiger partial charge < -0.3 is 14.7 Å². The molecule has 5 aromatic rings. The smallest absolute Gasteiger partial charge is 0.416 e. The van der Waals surface area contributed by atoms with Crippen molar-refractivity contribution in [1.29, 1.82) is 0 Å². The number of aliphatic carboxylic acids is 1. The Bertz CT molecular complexity index is 1660. The molecular weight excluding hydrogens is 537 g/mol. The van der Waals surface area contributed by atoms with Gasteiger partial charge in [0.2, 0.25) is 0 Å². The fraction of sp³-hybridized carbons (Fsp3) is 0.200. The Kier molecular flexibility index (Phi) is 7.71. The molecule has 0 radical (unpaired) electrons. The van der Waals surface area contributed by atoms with Crippen LogP contribution >= 0.6 is 0 Å². The highest BCUT2D eigenvalue weighted by molar-refractivity contribution is 5.70. The zero-order valence-electron chi connectivity index (χ0n) is 21.8. The molecule has 1 atom stereocenters. The van der Waals surface area contributed by atoms with Gasteiger partial charge in [0.1, 0.15) is 11.8 Å². The van der Waals surface area contributed by atoms with E-state index in [0.717, 1.165) is 28.8 Å². The summed E-state index contributed by atoms with van der Waals surface area (Å²) in [6.07, 6.45) is -3.67. The minimum atomic E-state index is -4.45. The lowest BCUT2D eigenvalue weighted by atomic mass is 9.97. The number of hydrogen-bond donors (Lipinski definition) is 2. The summed E-state index contributed by atoms with van der Waals surface area (Å²) in [5.74, 6) is -0.477. The molecule has 2 heterocycles. The number of carbonyl (C=O) groups is 1. The Balaban J connectivity index is 1.33. The molecule has 8 nitrogen and oxygen atoms in total. The number of aliphatic hydroxyl groups excluding tert-OH is 1. The Labute approximate surface area is 232 Å². The number of hydrogen-bond acceptors (Lipinski definition) is 6. The number of carboxylic acids is 1. The lowest BCUT2D eigenvalue weighted by molar-refractivity contribution is -0.138. The fourth-order valence-corrected chi connectivity index (χ4v) is 4.53. The molecule has 41 heavy (non-hydrogen) atoms. The van der Waals surface area contributed by atoms with Crippen molar-refractivity contribution in [2.75, 3.05) is 0 Å². The molecule has 0 amide bonds. The van der Waals surface area contributed by atoms with E-state index >= 15 is 0 Å². The molecular formula is C30H25F3N4O4. The van der Waals surface area contributed by atoms with Crippen LogP contribution in [0, 0.1) is 6.92 Å². The van der Waals surface area contributed by atoms with Gasteiger partial charge >= 0.3 is 12.1 Å². The van der Waals surface area contributed by atoms with Crippen molar-refractivity contribution in [2.45, 2.75) is 38.6 Å². The van der Waals surface area contributed by atoms with Crippen molar-refractivity contribution in [2.24, 2.45) is 0 Å². The van der Waals surface area contributed by atoms with E-state index < -0.39 is 23.8 Å². The van der Waals surface area contributed by atoms with Crippen LogP contribution in [-0.4, -0.2) is 36.3 Å². The molecule has 0 bridgehead atoms. The average molecular weight is 563 g/mol. The molecule has 0 aliphatic rings. The molecule has 0 fully saturated rings. The number of nitrogens with zero attached hydrogens (tertiary/aromatic N) is 4. The third-order valence-electron chi connectivity index (χ3n) is 6.68. The first kappa shape index (κ1) is 27.8. The first-order valence-electron chi connectivity index (χ1n) is 12.7. The number of halogens is 3. The Morgan fingerprint density at radius 3 is 2.29 bits per heavy atom. The van der Waals surface area contributed by atoms with Gasteiger partial charge in [0.15, 0.2) is 5.76 Å². The molecule has 0 aliphatic heterocycles. The van der Waals surface area contributed by atoms with Crippen molar-refractivity contribution in [3.8, 4) is 22.5 Å². The van der Waals surface area contributed by atoms with Crippen LogP contribution in [0.5, 0.6) is 0 Å². The van der Waals surface area contributed by atoms with E-state index in [9.17, 15) is 23.1 Å². The third-order valence-corrected chi connectivity index (χ3v) is 6.68. The summed E-state index contributed by atoms with van der Waals surface area (Å²) in [6, 6.07) is 20.1. The summed E-state index contributed by atoms with van der Waals surface area (Å²) in [6.45, 7) is 1.74. The van der Waals surface area contributed by atoms with E-state index in [4.69, 9.17) is 9.63 Å². The van der Waals surface area contributed by atoms with Crippen molar-refractivity contribution >= 4 is 5.97 Å². The maximum atomic E-state index is 13.1. The SMILES string of the molecule is Cc1noc(-c2ccc(-c3ccc(CCC(=O)O)cc3)cc2)c1C(O)c1cn(Cc2cccc(C(F)(F)F)c2)nn1. The molecule has 2 N–H and O–H groups in total. The normalized spacial score (nSPS) is 12.4. The largest absolute Gasteiger partial charge is 0.481 e. The number of rotatable bonds is 9. The predicted molar refractivity (Wildman–Crippen MR) is 143 cm³/mol. The van der Waals surface area contributed by atoms with Crippen LogP contribution in [0.3, 0.4) is 0 Å². The van der Waals surface area contributed by atoms with Crippen molar-refractivity contribution in [3.63, 3.8) is 0 Å². The summed E-state index contributed by atoms with van der Waals surface area (Å²) >= 11 is 0. The topological polar surface area (TPSA) is 114 Å². The molecule has 3 aromatic carbocycles. The number of carboxylic acid groups (broad SMARTS) is 1. The van der Waals surface area contributed by atoms with E-state index in [1.165, 1.54) is 16.9 Å². The Morgan fingerprint density at radius 2 is 1.63 bits per heavy atom. The van der Waals surface area contributed by atoms with Gasteiger partial charge in [-0.25, -0.2) is 4.68 Å². The quantitative estimate of drug-likeness (QED) is 0.224. The first-order chi connectivity index (χ1) is 19.6. The zero-order chi connectivity index (χ0) is 29.1. The Morgan fingerprint density at radius 1 is 0.976 bits per heavy atom. The Hall–Kier alpha value is -4.77. The van der Waals surface area contributed by atoms with E-state index in [2.05, 4.69) is 15.5 Å². The van der Waals surface area contributed by atoms with Gasteiger partial charge in [0, 0.05) is 12.0 Å². The maximum absolute atomic E-state index is 13.1. The second kappa shape index (κ2) is 11.4. The van der Waals surface area contributed by atoms with Gasteiger partial charge in [-0.1, -0.05) is 71.0 Å². The van der Waals surface area contributed by atoms with E-state index in [1.807, 2.05) is 48.5 Å². The summed E-state index contributed by atoms with van der Waals surface area (Å²) in [5.41, 5.74) is 4.22. The maximum Gasteiger partial charge on any atom is 0.416 e. The molecule has 11 heteroatoms. The molecule has 2 aromatic heterocycles. The van der Waals surface area contributed by atoms with Crippen LogP contribution in [0.2, 0.25) is 0 Å². The minimum absolute atomic E-state index is 0.0428. The van der Waals surface area contributed by atoms with Crippen molar-refractivity contribution < 1.29 is 32.7 Å². The van der Waals surface area contributed by atoms with Gasteiger partial charge in [-0.3, -0.25) is 4.79 Å². The first-order valence-corrected chi connectivity index (χ1v) is 12.7. The van der Waals surface area contributed by atoms with Crippen LogP contribution in [0.25, 0.3) is 22.5 Å². The molecule has 0 spiro atoms. The highest BCUT2D eigenvalue weighted by Gasteiger charge is 2.30. The van der Waals surface area contributed by atoms with Crippen LogP contribution in [0.1, 0.15) is 46.2 Å². The molecule has 0 aliphatic carbocycles. The van der Waals surface area contributed by atoms with Crippen LogP contribution in [0.15, 0.2) is 83.5 Å². The fourth-order valence-electron chi connectivity index (χ4n) is 4.53. The predicted octanol–water partition coefficient (Wildman–Crippen LogP) is 6.07. The monoisotopic (exact) mass is 562 g/mol. The number of aryl methyl sites for hydroxylation is 2. The lowest BCUT2D eigenvalue weighted by Gasteiger charge is -2.10. The van der Waals surface area contributed by atoms with E-state index in [-0.39, 0.29) is 18.7 Å². The zero-order valence-corrected chi connectivity index (χ0v) is 21.8. The van der Waals surface area contributed by atoms with Gasteiger partial charge in [0.05, 0.1) is 29.6 Å². The highest BCUT2D eigenvalue weighted by atomic mass is 19.4. The summed E-state index contributed by atoms with van der Waals surface area (Å²) in [4.78, 5) is 10.8. The summed E-state index contributed by atoms with van der Waals surface area (Å²) in [7, 11) is 0. The summed E-state index contributed by atoms with van der Waals surface area (Å²) in [5, 5.41) is 32.1. The standard InChI is InChI=1S/C30H25F3N4O4/c1-18-27(28(40)25-17-37(36-34-25)16-20-3-2-4-24(15-20)30(31,32)33)29(41-35-18)23-12-10-22(11-13-23)21-8-5-19(6-9-21)7-14-26(38)39/h2-6,8-13,15,17,28,40H,7,14,16H2,1H3,(H,38,39). The second-order valence-electron chi connectivity index (χ2n) is 9.62. The van der Waals surface area contributed by atoms with Crippen LogP contribution in [-0.2, 0) is 23.9 Å². The molecule has 5 rings (SSSR count). The minimum Gasteiger partial charge on any atom is -0.481 e. The van der Waals surface area contributed by atoms with Gasteiger partial charge in [-0.2, -0.15) is 13.2 Å². The molecule has 0 saturated carbocycles. The lowest BCUT2D eigenvalue weighted by Crippen LogP contribution is -2.07. The second-order valence-corrected chi connectivity index (χ2v) is 9.62. The third kappa shape index (κ3) is 6.36. The number of aliphatic hydroxyl groups is 1. The van der Waals surface area contributed by atoms with E-state index in [0.29, 0.717) is 34.6 Å². The number of aromatic nitrogens is 4. The average Bonchev–Trinajstić information content (AvgIpc) is 3.58. The summed E-state index contributed by atoms with van der Waals surface area (Å²) < 4.78 is 46.1. The van der Waals surface area contributed by atoms with E-state index in [1.54, 1.807) is 13.0 Å². The molecule has 0 saturated heterocycles. The van der Waals surface area contributed by atoms with Crippen molar-refractivity contribution in [3.05, 3.63) is 113 Å². The van der Waals surface area contributed by atoms with Crippen molar-refractivity contribution in [1.82, 2.24) is 20.2 Å².